The summed E-state index contributed by atoms with van der Waals surface area (Å²) in [4.78, 5) is 16.6. The zero-order chi connectivity index (χ0) is 14.9. The number of nitrogens with zero attached hydrogens (tertiary/aromatic N) is 2. The Morgan fingerprint density at radius 1 is 1.43 bits per heavy atom. The number of halogens is 1. The first-order valence-corrected chi connectivity index (χ1v) is 8.03. The predicted octanol–water partition coefficient (Wildman–Crippen LogP) is 3.02. The first-order chi connectivity index (χ1) is 10.2. The third-order valence-electron chi connectivity index (χ3n) is 3.58. The van der Waals surface area contributed by atoms with Gasteiger partial charge in [-0.2, -0.15) is 17.0 Å². The monoisotopic (exact) mass is 317 g/mol. The van der Waals surface area contributed by atoms with E-state index in [1.165, 1.54) is 6.20 Å². The second-order valence-electron chi connectivity index (χ2n) is 4.96. The Balaban J connectivity index is 1.99. The molecule has 6 heteroatoms. The quantitative estimate of drug-likeness (QED) is 0.865. The Hall–Kier alpha value is -1.77. The van der Waals surface area contributed by atoms with Crippen molar-refractivity contribution in [2.45, 2.75) is 12.0 Å². The van der Waals surface area contributed by atoms with Crippen LogP contribution in [0.5, 0.6) is 0 Å². The summed E-state index contributed by atoms with van der Waals surface area (Å²) in [6.45, 7) is 0. The minimum Gasteiger partial charge on any atom is -0.333 e. The van der Waals surface area contributed by atoms with Crippen molar-refractivity contribution in [2.75, 3.05) is 11.5 Å². The van der Waals surface area contributed by atoms with E-state index in [2.05, 4.69) is 16.4 Å². The molecule has 0 bridgehead atoms. The summed E-state index contributed by atoms with van der Waals surface area (Å²) in [7, 11) is 0. The van der Waals surface area contributed by atoms with E-state index in [1.54, 1.807) is 11.8 Å². The van der Waals surface area contributed by atoms with Crippen LogP contribution in [0.1, 0.15) is 16.8 Å². The molecule has 0 spiro atoms. The molecule has 106 valence electrons. The molecule has 2 heterocycles. The van der Waals surface area contributed by atoms with Gasteiger partial charge in [-0.3, -0.25) is 4.79 Å². The van der Waals surface area contributed by atoms with E-state index < -0.39 is 5.54 Å². The maximum Gasteiger partial charge on any atom is 0.254 e. The van der Waals surface area contributed by atoms with Gasteiger partial charge < -0.3 is 5.32 Å². The Labute approximate surface area is 131 Å². The summed E-state index contributed by atoms with van der Waals surface area (Å²) in [5.74, 6) is 1.22. The number of aromatic nitrogens is 1. The van der Waals surface area contributed by atoms with E-state index in [0.717, 1.165) is 16.5 Å². The lowest BCUT2D eigenvalue weighted by molar-refractivity contribution is 0.0927. The van der Waals surface area contributed by atoms with Gasteiger partial charge in [-0.1, -0.05) is 35.9 Å². The molecule has 1 N–H and O–H groups in total. The zero-order valence-electron chi connectivity index (χ0n) is 11.1. The topological polar surface area (TPSA) is 65.8 Å². The highest BCUT2D eigenvalue weighted by Crippen LogP contribution is 2.29. The number of hydrogen-bond donors (Lipinski definition) is 1. The number of nitrogens with one attached hydrogen (secondary N) is 1. The molecule has 1 aromatic carbocycles. The number of amides is 1. The number of benzene rings is 1. The highest BCUT2D eigenvalue weighted by atomic mass is 35.5. The van der Waals surface area contributed by atoms with E-state index >= 15 is 0 Å². The molecule has 3 rings (SSSR count). The maximum atomic E-state index is 12.5. The van der Waals surface area contributed by atoms with Crippen LogP contribution in [-0.2, 0) is 0 Å². The lowest BCUT2D eigenvalue weighted by Gasteiger charge is -2.21. The molecular weight excluding hydrogens is 306 g/mol. The van der Waals surface area contributed by atoms with Crippen molar-refractivity contribution in [3.63, 3.8) is 0 Å². The summed E-state index contributed by atoms with van der Waals surface area (Å²) in [6.07, 6.45) is 2.13. The average Bonchev–Trinajstić information content (AvgIpc) is 2.97. The molecule has 1 amide bonds. The number of carbonyl (C=O) groups excluding carboxylic acids is 1. The summed E-state index contributed by atoms with van der Waals surface area (Å²) < 4.78 is 0. The fourth-order valence-corrected chi connectivity index (χ4v) is 3.88. The number of carbonyl (C=O) groups is 1. The summed E-state index contributed by atoms with van der Waals surface area (Å²) >= 11 is 7.74. The number of pyridine rings is 1. The Morgan fingerprint density at radius 2 is 2.19 bits per heavy atom. The van der Waals surface area contributed by atoms with Crippen molar-refractivity contribution < 1.29 is 4.79 Å². The highest BCUT2D eigenvalue weighted by Gasteiger charge is 2.36. The van der Waals surface area contributed by atoms with E-state index in [0.29, 0.717) is 22.9 Å². The van der Waals surface area contributed by atoms with Crippen molar-refractivity contribution >= 4 is 40.0 Å². The number of rotatable bonds is 2. The fourth-order valence-electron chi connectivity index (χ4n) is 2.40. The second-order valence-corrected chi connectivity index (χ2v) is 6.42. The first kappa shape index (κ1) is 14.2. The van der Waals surface area contributed by atoms with Gasteiger partial charge in [0.25, 0.3) is 5.91 Å². The second kappa shape index (κ2) is 5.55. The smallest absolute Gasteiger partial charge is 0.254 e. The van der Waals surface area contributed by atoms with Crippen LogP contribution in [0.3, 0.4) is 0 Å². The van der Waals surface area contributed by atoms with Gasteiger partial charge in [0.1, 0.15) is 10.7 Å². The average molecular weight is 318 g/mol. The van der Waals surface area contributed by atoms with E-state index in [4.69, 9.17) is 11.6 Å². The van der Waals surface area contributed by atoms with Crippen molar-refractivity contribution in [3.8, 4) is 6.07 Å². The van der Waals surface area contributed by atoms with Gasteiger partial charge in [0.05, 0.1) is 11.6 Å². The van der Waals surface area contributed by atoms with Crippen LogP contribution in [0, 0.1) is 11.3 Å². The Morgan fingerprint density at radius 3 is 2.86 bits per heavy atom. The van der Waals surface area contributed by atoms with Gasteiger partial charge in [-0.25, -0.2) is 4.98 Å². The standard InChI is InChI=1S/C15H12ClN3OS/c16-13-11-4-2-1-3-10(11)12(7-18-13)14(20)19-15(8-17)5-6-21-9-15/h1-4,7H,5-6,9H2,(H,19,20). The van der Waals surface area contributed by atoms with Gasteiger partial charge in [-0.15, -0.1) is 0 Å². The largest absolute Gasteiger partial charge is 0.333 e. The minimum atomic E-state index is -0.775. The molecule has 4 nitrogen and oxygen atoms in total. The van der Waals surface area contributed by atoms with Crippen LogP contribution in [0.2, 0.25) is 5.15 Å². The van der Waals surface area contributed by atoms with Gasteiger partial charge in [-0.05, 0) is 17.6 Å². The summed E-state index contributed by atoms with van der Waals surface area (Å²) in [5.41, 5.74) is -0.329. The zero-order valence-corrected chi connectivity index (χ0v) is 12.7. The van der Waals surface area contributed by atoms with Crippen molar-refractivity contribution in [1.29, 1.82) is 5.26 Å². The number of nitriles is 1. The van der Waals surface area contributed by atoms with Crippen LogP contribution in [0.15, 0.2) is 30.5 Å². The molecule has 1 unspecified atom stereocenters. The normalized spacial score (nSPS) is 21.1. The maximum absolute atomic E-state index is 12.5. The molecule has 1 atom stereocenters. The molecule has 0 radical (unpaired) electrons. The van der Waals surface area contributed by atoms with E-state index in [1.807, 2.05) is 24.3 Å². The number of hydrogen-bond acceptors (Lipinski definition) is 4. The van der Waals surface area contributed by atoms with Crippen molar-refractivity contribution in [2.24, 2.45) is 0 Å². The van der Waals surface area contributed by atoms with Crippen LogP contribution >= 0.6 is 23.4 Å². The van der Waals surface area contributed by atoms with E-state index in [9.17, 15) is 10.1 Å². The van der Waals surface area contributed by atoms with Gasteiger partial charge in [0.15, 0.2) is 0 Å². The van der Waals surface area contributed by atoms with Crippen LogP contribution in [0.25, 0.3) is 10.8 Å². The molecule has 1 aromatic heterocycles. The molecule has 0 saturated carbocycles. The van der Waals surface area contributed by atoms with Crippen molar-refractivity contribution in [1.82, 2.24) is 10.3 Å². The summed E-state index contributed by atoms with van der Waals surface area (Å²) in [5, 5.41) is 14.1. The van der Waals surface area contributed by atoms with E-state index in [-0.39, 0.29) is 5.91 Å². The SMILES string of the molecule is N#CC1(NC(=O)c2cnc(Cl)c3ccccc23)CCSC1. The third-order valence-corrected chi connectivity index (χ3v) is 5.07. The van der Waals surface area contributed by atoms with Crippen LogP contribution in [0.4, 0.5) is 0 Å². The molecule has 21 heavy (non-hydrogen) atoms. The van der Waals surface area contributed by atoms with Gasteiger partial charge in [0, 0.05) is 17.3 Å². The number of fused-ring (bicyclic) bond motifs is 1. The molecular formula is C15H12ClN3OS. The molecule has 1 aliphatic heterocycles. The molecule has 2 aromatic rings. The van der Waals surface area contributed by atoms with Gasteiger partial charge in [0.2, 0.25) is 0 Å². The van der Waals surface area contributed by atoms with Crippen LogP contribution < -0.4 is 5.32 Å². The first-order valence-electron chi connectivity index (χ1n) is 6.50. The molecule has 1 fully saturated rings. The Kier molecular flexibility index (Phi) is 3.75. The van der Waals surface area contributed by atoms with Gasteiger partial charge >= 0.3 is 0 Å². The third kappa shape index (κ3) is 2.57. The lowest BCUT2D eigenvalue weighted by Crippen LogP contribution is -2.47. The predicted molar refractivity (Wildman–Crippen MR) is 84.5 cm³/mol. The minimum absolute atomic E-state index is 0.278. The molecule has 1 aliphatic rings. The highest BCUT2D eigenvalue weighted by molar-refractivity contribution is 7.99. The number of thioether (sulfide) groups is 1. The van der Waals surface area contributed by atoms with Crippen molar-refractivity contribution in [3.05, 3.63) is 41.2 Å². The Bertz CT molecular complexity index is 750. The lowest BCUT2D eigenvalue weighted by atomic mass is 9.99. The van der Waals surface area contributed by atoms with Crippen LogP contribution in [-0.4, -0.2) is 27.9 Å². The molecule has 1 saturated heterocycles. The molecule has 0 aliphatic carbocycles. The summed E-state index contributed by atoms with van der Waals surface area (Å²) in [6, 6.07) is 9.60. The fraction of sp³-hybridized carbons (Fsp3) is 0.267.